The highest BCUT2D eigenvalue weighted by molar-refractivity contribution is 6.18. The number of furan rings is 1. The molecule has 5 heteroatoms. The maximum atomic E-state index is 13.3. The fraction of sp³-hybridized carbons (Fsp3) is 0.304. The van der Waals surface area contributed by atoms with Crippen molar-refractivity contribution in [2.45, 2.75) is 32.6 Å². The van der Waals surface area contributed by atoms with Crippen LogP contribution >= 0.6 is 11.6 Å². The van der Waals surface area contributed by atoms with Gasteiger partial charge in [-0.1, -0.05) is 37.6 Å². The number of methoxy groups -OCH3 is 1. The molecule has 0 N–H and O–H groups in total. The lowest BCUT2D eigenvalue weighted by molar-refractivity contribution is 0.0600. The summed E-state index contributed by atoms with van der Waals surface area (Å²) in [4.78, 5) is 25.3. The van der Waals surface area contributed by atoms with Gasteiger partial charge in [-0.05, 0) is 36.6 Å². The lowest BCUT2D eigenvalue weighted by Crippen LogP contribution is -2.05. The predicted octanol–water partition coefficient (Wildman–Crippen LogP) is 5.57. The predicted molar refractivity (Wildman–Crippen MR) is 110 cm³/mol. The van der Waals surface area contributed by atoms with Crippen LogP contribution in [0.4, 0.5) is 0 Å². The molecule has 4 nitrogen and oxygen atoms in total. The Morgan fingerprint density at radius 2 is 1.75 bits per heavy atom. The number of unbranched alkanes of at least 4 members (excludes halogenated alkanes) is 1. The Labute approximate surface area is 169 Å². The zero-order chi connectivity index (χ0) is 20.1. The number of ether oxygens (including phenoxy) is 1. The van der Waals surface area contributed by atoms with Gasteiger partial charge in [0, 0.05) is 23.3 Å². The topological polar surface area (TPSA) is 56.5 Å². The maximum Gasteiger partial charge on any atom is 0.337 e. The van der Waals surface area contributed by atoms with Gasteiger partial charge in [0.05, 0.1) is 18.2 Å². The number of carbonyl (C=O) groups is 2. The lowest BCUT2D eigenvalue weighted by Gasteiger charge is -2.05. The van der Waals surface area contributed by atoms with Crippen molar-refractivity contribution in [3.63, 3.8) is 0 Å². The highest BCUT2D eigenvalue weighted by Crippen LogP contribution is 2.30. The van der Waals surface area contributed by atoms with Crippen molar-refractivity contribution < 1.29 is 18.7 Å². The molecule has 3 aromatic rings. The van der Waals surface area contributed by atoms with Gasteiger partial charge in [0.1, 0.15) is 11.3 Å². The van der Waals surface area contributed by atoms with Gasteiger partial charge in [0.25, 0.3) is 0 Å². The summed E-state index contributed by atoms with van der Waals surface area (Å²) in [5, 5.41) is 0.642. The second-order valence-electron chi connectivity index (χ2n) is 6.67. The summed E-state index contributed by atoms with van der Waals surface area (Å²) in [6.07, 6.45) is 3.34. The first kappa shape index (κ1) is 20.2. The average molecular weight is 399 g/mol. The highest BCUT2D eigenvalue weighted by atomic mass is 35.5. The van der Waals surface area contributed by atoms with E-state index >= 15 is 0 Å². The molecule has 0 amide bonds. The van der Waals surface area contributed by atoms with Gasteiger partial charge >= 0.3 is 5.97 Å². The van der Waals surface area contributed by atoms with Gasteiger partial charge in [-0.2, -0.15) is 0 Å². The summed E-state index contributed by atoms with van der Waals surface area (Å²) in [6.45, 7) is 2.09. The SMILES string of the molecule is CCCCc1oc2ccc(C(=O)OC)cc2c1C(=O)c1ccc(CCCl)cc1. The number of hydrogen-bond donors (Lipinski definition) is 0. The molecule has 146 valence electrons. The van der Waals surface area contributed by atoms with Crippen LogP contribution in [0.2, 0.25) is 0 Å². The minimum Gasteiger partial charge on any atom is -0.465 e. The molecule has 0 atom stereocenters. The Hall–Kier alpha value is -2.59. The van der Waals surface area contributed by atoms with Gasteiger partial charge in [-0.25, -0.2) is 4.79 Å². The third-order valence-corrected chi connectivity index (χ3v) is 4.95. The van der Waals surface area contributed by atoms with E-state index in [0.717, 1.165) is 24.8 Å². The van der Waals surface area contributed by atoms with Crippen molar-refractivity contribution in [2.75, 3.05) is 13.0 Å². The quantitative estimate of drug-likeness (QED) is 0.282. The van der Waals surface area contributed by atoms with Crippen LogP contribution in [0.15, 0.2) is 46.9 Å². The maximum absolute atomic E-state index is 13.3. The zero-order valence-electron chi connectivity index (χ0n) is 16.1. The van der Waals surface area contributed by atoms with Crippen LogP contribution < -0.4 is 0 Å². The number of halogens is 1. The Morgan fingerprint density at radius 3 is 2.39 bits per heavy atom. The van der Waals surface area contributed by atoms with E-state index in [1.54, 1.807) is 18.2 Å². The monoisotopic (exact) mass is 398 g/mol. The second-order valence-corrected chi connectivity index (χ2v) is 7.05. The van der Waals surface area contributed by atoms with Crippen LogP contribution in [0.1, 0.15) is 57.4 Å². The van der Waals surface area contributed by atoms with E-state index in [9.17, 15) is 9.59 Å². The fourth-order valence-corrected chi connectivity index (χ4v) is 3.45. The number of hydrogen-bond acceptors (Lipinski definition) is 4. The van der Waals surface area contributed by atoms with Crippen LogP contribution in [0, 0.1) is 0 Å². The van der Waals surface area contributed by atoms with Crippen molar-refractivity contribution in [2.24, 2.45) is 0 Å². The lowest BCUT2D eigenvalue weighted by atomic mass is 9.96. The summed E-state index contributed by atoms with van der Waals surface area (Å²) < 4.78 is 10.8. The summed E-state index contributed by atoms with van der Waals surface area (Å²) in [5.74, 6) is 0.650. The minimum atomic E-state index is -0.443. The number of rotatable bonds is 8. The van der Waals surface area contributed by atoms with Crippen LogP contribution in [-0.4, -0.2) is 24.7 Å². The van der Waals surface area contributed by atoms with E-state index in [1.165, 1.54) is 7.11 Å². The molecule has 0 aliphatic heterocycles. The Bertz CT molecular complexity index is 986. The van der Waals surface area contributed by atoms with Crippen LogP contribution in [-0.2, 0) is 17.6 Å². The zero-order valence-corrected chi connectivity index (χ0v) is 16.8. The standard InChI is InChI=1S/C23H23ClO4/c1-3-4-5-20-21(22(25)16-8-6-15(7-9-16)12-13-24)18-14-17(23(26)27-2)10-11-19(18)28-20/h6-11,14H,3-5,12-13H2,1-2H3. The Balaban J connectivity index is 2.09. The molecule has 0 unspecified atom stereocenters. The van der Waals surface area contributed by atoms with Crippen LogP contribution in [0.3, 0.4) is 0 Å². The van der Waals surface area contributed by atoms with Crippen molar-refractivity contribution in [3.05, 3.63) is 70.5 Å². The van der Waals surface area contributed by atoms with Gasteiger partial charge in [-0.3, -0.25) is 4.79 Å². The van der Waals surface area contributed by atoms with Gasteiger partial charge < -0.3 is 9.15 Å². The van der Waals surface area contributed by atoms with E-state index in [4.69, 9.17) is 20.8 Å². The van der Waals surface area contributed by atoms with E-state index in [1.807, 2.05) is 24.3 Å². The molecule has 0 radical (unpaired) electrons. The number of alkyl halides is 1. The molecular weight excluding hydrogens is 376 g/mol. The molecule has 0 saturated heterocycles. The second kappa shape index (κ2) is 9.07. The molecule has 0 saturated carbocycles. The molecule has 1 heterocycles. The van der Waals surface area contributed by atoms with Gasteiger partial charge in [0.15, 0.2) is 5.78 Å². The molecule has 2 aromatic carbocycles. The largest absolute Gasteiger partial charge is 0.465 e. The smallest absolute Gasteiger partial charge is 0.337 e. The first-order chi connectivity index (χ1) is 13.6. The molecule has 0 aliphatic rings. The van der Waals surface area contributed by atoms with Crippen molar-refractivity contribution >= 4 is 34.3 Å². The van der Waals surface area contributed by atoms with Gasteiger partial charge in [0.2, 0.25) is 0 Å². The van der Waals surface area contributed by atoms with E-state index in [2.05, 4.69) is 6.92 Å². The molecule has 0 spiro atoms. The van der Waals surface area contributed by atoms with E-state index in [-0.39, 0.29) is 5.78 Å². The number of aryl methyl sites for hydroxylation is 2. The number of fused-ring (bicyclic) bond motifs is 1. The minimum absolute atomic E-state index is 0.107. The third-order valence-electron chi connectivity index (χ3n) is 4.77. The molecule has 3 rings (SSSR count). The summed E-state index contributed by atoms with van der Waals surface area (Å²) in [7, 11) is 1.34. The molecule has 0 bridgehead atoms. The van der Waals surface area contributed by atoms with Crippen LogP contribution in [0.25, 0.3) is 11.0 Å². The fourth-order valence-electron chi connectivity index (χ4n) is 3.23. The Morgan fingerprint density at radius 1 is 1.04 bits per heavy atom. The number of ketones is 1. The van der Waals surface area contributed by atoms with Crippen molar-refractivity contribution in [1.82, 2.24) is 0 Å². The molecule has 0 fully saturated rings. The van der Waals surface area contributed by atoms with E-state index < -0.39 is 5.97 Å². The summed E-state index contributed by atoms with van der Waals surface area (Å²) in [6, 6.07) is 12.5. The number of esters is 1. The molecule has 0 aliphatic carbocycles. The molecule has 28 heavy (non-hydrogen) atoms. The summed E-state index contributed by atoms with van der Waals surface area (Å²) in [5.41, 5.74) is 3.19. The number of benzene rings is 2. The van der Waals surface area contributed by atoms with Gasteiger partial charge in [-0.15, -0.1) is 11.6 Å². The normalized spacial score (nSPS) is 11.0. The summed E-state index contributed by atoms with van der Waals surface area (Å²) >= 11 is 5.79. The first-order valence-corrected chi connectivity index (χ1v) is 9.95. The average Bonchev–Trinajstić information content (AvgIpc) is 3.09. The first-order valence-electron chi connectivity index (χ1n) is 9.42. The third kappa shape index (κ3) is 4.12. The van der Waals surface area contributed by atoms with Crippen LogP contribution in [0.5, 0.6) is 0 Å². The van der Waals surface area contributed by atoms with E-state index in [0.29, 0.717) is 45.7 Å². The van der Waals surface area contributed by atoms with Crippen molar-refractivity contribution in [1.29, 1.82) is 0 Å². The Kier molecular flexibility index (Phi) is 6.53. The molecular formula is C23H23ClO4. The van der Waals surface area contributed by atoms with Crippen molar-refractivity contribution in [3.8, 4) is 0 Å². The molecule has 1 aromatic heterocycles. The highest BCUT2D eigenvalue weighted by Gasteiger charge is 2.23. The number of carbonyl (C=O) groups excluding carboxylic acids is 2.